The fourth-order valence-electron chi connectivity index (χ4n) is 1.98. The average molecular weight is 296 g/mol. The summed E-state index contributed by atoms with van der Waals surface area (Å²) in [6.45, 7) is 4.85. The van der Waals surface area contributed by atoms with E-state index in [9.17, 15) is 9.59 Å². The van der Waals surface area contributed by atoms with Crippen molar-refractivity contribution in [2.75, 3.05) is 13.1 Å². The topological polar surface area (TPSA) is 78.4 Å². The number of carboxylic acid groups (broad SMARTS) is 1. The molecule has 6 heteroatoms. The molecule has 3 N–H and O–H groups in total. The van der Waals surface area contributed by atoms with Crippen LogP contribution in [0.1, 0.15) is 31.6 Å². The SMILES string of the molecule is CC(C)(CNC(=O)NCC1(C(=O)O)CC1)c1cccs1. The van der Waals surface area contributed by atoms with E-state index in [1.807, 2.05) is 17.5 Å². The standard InChI is InChI=1S/C14H20N2O3S/c1-13(2,10-4-3-7-20-10)8-15-12(19)16-9-14(5-6-14)11(17)18/h3-4,7H,5-6,8-9H2,1-2H3,(H,17,18)(H2,15,16,19). The van der Waals surface area contributed by atoms with Gasteiger partial charge in [-0.1, -0.05) is 19.9 Å². The number of rotatable bonds is 6. The number of hydrogen-bond acceptors (Lipinski definition) is 3. The molecule has 1 heterocycles. The number of aliphatic carboxylic acids is 1. The summed E-state index contributed by atoms with van der Waals surface area (Å²) in [4.78, 5) is 24.0. The smallest absolute Gasteiger partial charge is 0.314 e. The molecule has 0 aromatic carbocycles. The van der Waals surface area contributed by atoms with E-state index in [-0.39, 0.29) is 18.0 Å². The lowest BCUT2D eigenvalue weighted by molar-refractivity contribution is -0.143. The van der Waals surface area contributed by atoms with Crippen molar-refractivity contribution in [1.82, 2.24) is 10.6 Å². The number of hydrogen-bond donors (Lipinski definition) is 3. The summed E-state index contributed by atoms with van der Waals surface area (Å²) in [5, 5.41) is 16.5. The van der Waals surface area contributed by atoms with Gasteiger partial charge in [-0.15, -0.1) is 11.3 Å². The Hall–Kier alpha value is -1.56. The third-order valence-electron chi connectivity index (χ3n) is 3.77. The van der Waals surface area contributed by atoms with Crippen molar-refractivity contribution in [3.05, 3.63) is 22.4 Å². The summed E-state index contributed by atoms with van der Waals surface area (Å²) in [5.41, 5.74) is -0.851. The van der Waals surface area contributed by atoms with Crippen molar-refractivity contribution < 1.29 is 14.7 Å². The Balaban J connectivity index is 1.77. The van der Waals surface area contributed by atoms with Gasteiger partial charge in [0.1, 0.15) is 0 Å². The molecule has 0 radical (unpaired) electrons. The largest absolute Gasteiger partial charge is 0.481 e. The van der Waals surface area contributed by atoms with E-state index in [0.717, 1.165) is 0 Å². The van der Waals surface area contributed by atoms with Gasteiger partial charge in [-0.2, -0.15) is 0 Å². The molecule has 1 fully saturated rings. The number of carbonyl (C=O) groups excluding carboxylic acids is 1. The normalized spacial score (nSPS) is 16.5. The van der Waals surface area contributed by atoms with Crippen LogP contribution in [0, 0.1) is 5.41 Å². The highest BCUT2D eigenvalue weighted by Crippen LogP contribution is 2.45. The predicted octanol–water partition coefficient (Wildman–Crippen LogP) is 2.19. The monoisotopic (exact) mass is 296 g/mol. The van der Waals surface area contributed by atoms with Gasteiger partial charge in [0.25, 0.3) is 0 Å². The van der Waals surface area contributed by atoms with Gasteiger partial charge in [0.05, 0.1) is 5.41 Å². The molecule has 0 atom stereocenters. The van der Waals surface area contributed by atoms with Crippen LogP contribution in [-0.4, -0.2) is 30.2 Å². The Morgan fingerprint density at radius 1 is 1.40 bits per heavy atom. The Morgan fingerprint density at radius 2 is 2.10 bits per heavy atom. The van der Waals surface area contributed by atoms with Crippen LogP contribution < -0.4 is 10.6 Å². The summed E-state index contributed by atoms with van der Waals surface area (Å²) in [6.07, 6.45) is 1.28. The zero-order valence-electron chi connectivity index (χ0n) is 11.7. The van der Waals surface area contributed by atoms with E-state index in [1.165, 1.54) is 4.88 Å². The zero-order valence-corrected chi connectivity index (χ0v) is 12.5. The lowest BCUT2D eigenvalue weighted by atomic mass is 9.91. The zero-order chi connectivity index (χ0) is 14.8. The Labute approximate surface area is 122 Å². The Morgan fingerprint density at radius 3 is 2.60 bits per heavy atom. The molecule has 2 amide bonds. The fourth-order valence-corrected chi connectivity index (χ4v) is 2.83. The van der Waals surface area contributed by atoms with Crippen LogP contribution in [0.3, 0.4) is 0 Å². The van der Waals surface area contributed by atoms with Crippen LogP contribution in [0.4, 0.5) is 4.79 Å². The number of amides is 2. The lowest BCUT2D eigenvalue weighted by Crippen LogP contribution is -2.44. The molecule has 20 heavy (non-hydrogen) atoms. The third-order valence-corrected chi connectivity index (χ3v) is 5.01. The quantitative estimate of drug-likeness (QED) is 0.753. The Bertz CT molecular complexity index is 493. The van der Waals surface area contributed by atoms with E-state index < -0.39 is 11.4 Å². The Kier molecular flexibility index (Phi) is 4.04. The van der Waals surface area contributed by atoms with Gasteiger partial charge < -0.3 is 15.7 Å². The van der Waals surface area contributed by atoms with Crippen LogP contribution in [0.2, 0.25) is 0 Å². The van der Waals surface area contributed by atoms with E-state index >= 15 is 0 Å². The molecule has 0 unspecified atom stereocenters. The van der Waals surface area contributed by atoms with Crippen molar-refractivity contribution in [2.45, 2.75) is 32.1 Å². The summed E-state index contributed by atoms with van der Waals surface area (Å²) in [5.74, 6) is -0.822. The second kappa shape index (κ2) is 5.44. The van der Waals surface area contributed by atoms with Crippen LogP contribution in [-0.2, 0) is 10.2 Å². The first-order valence-corrected chi connectivity index (χ1v) is 7.53. The van der Waals surface area contributed by atoms with Crippen LogP contribution >= 0.6 is 11.3 Å². The van der Waals surface area contributed by atoms with Crippen molar-refractivity contribution >= 4 is 23.3 Å². The van der Waals surface area contributed by atoms with Crippen molar-refractivity contribution in [1.29, 1.82) is 0 Å². The predicted molar refractivity (Wildman–Crippen MR) is 78.0 cm³/mol. The molecule has 0 bridgehead atoms. The minimum atomic E-state index is -0.822. The summed E-state index contributed by atoms with van der Waals surface area (Å²) >= 11 is 1.66. The highest BCUT2D eigenvalue weighted by molar-refractivity contribution is 7.10. The maximum atomic E-state index is 11.7. The van der Waals surface area contributed by atoms with Gasteiger partial charge in [-0.05, 0) is 24.3 Å². The minimum absolute atomic E-state index is 0.129. The highest BCUT2D eigenvalue weighted by Gasteiger charge is 2.50. The number of thiophene rings is 1. The fraction of sp³-hybridized carbons (Fsp3) is 0.571. The molecule has 1 aliphatic rings. The van der Waals surface area contributed by atoms with Crippen LogP contribution in [0.5, 0.6) is 0 Å². The van der Waals surface area contributed by atoms with E-state index in [4.69, 9.17) is 5.11 Å². The summed E-state index contributed by atoms with van der Waals surface area (Å²) in [7, 11) is 0. The first-order chi connectivity index (χ1) is 9.36. The molecule has 1 aliphatic carbocycles. The lowest BCUT2D eigenvalue weighted by Gasteiger charge is -2.24. The third kappa shape index (κ3) is 3.30. The van der Waals surface area contributed by atoms with Gasteiger partial charge in [-0.3, -0.25) is 4.79 Å². The molecule has 1 saturated carbocycles. The molecule has 110 valence electrons. The van der Waals surface area contributed by atoms with Gasteiger partial charge in [0.15, 0.2) is 0 Å². The number of carbonyl (C=O) groups is 2. The van der Waals surface area contributed by atoms with Crippen molar-refractivity contribution in [3.8, 4) is 0 Å². The highest BCUT2D eigenvalue weighted by atomic mass is 32.1. The number of nitrogens with one attached hydrogen (secondary N) is 2. The molecular weight excluding hydrogens is 276 g/mol. The molecular formula is C14H20N2O3S. The first kappa shape index (κ1) is 14.8. The molecule has 1 aromatic heterocycles. The van der Waals surface area contributed by atoms with Crippen molar-refractivity contribution in [3.63, 3.8) is 0 Å². The van der Waals surface area contributed by atoms with Crippen LogP contribution in [0.25, 0.3) is 0 Å². The molecule has 2 rings (SSSR count). The second-order valence-corrected chi connectivity index (χ2v) is 6.93. The van der Waals surface area contributed by atoms with Gasteiger partial charge in [0.2, 0.25) is 0 Å². The molecule has 0 spiro atoms. The van der Waals surface area contributed by atoms with Crippen molar-refractivity contribution in [2.24, 2.45) is 5.41 Å². The molecule has 1 aromatic rings. The first-order valence-electron chi connectivity index (χ1n) is 6.65. The second-order valence-electron chi connectivity index (χ2n) is 5.98. The molecule has 0 aliphatic heterocycles. The average Bonchev–Trinajstić information content (AvgIpc) is 2.97. The summed E-state index contributed by atoms with van der Waals surface area (Å²) in [6, 6.07) is 3.74. The van der Waals surface area contributed by atoms with Gasteiger partial charge in [-0.25, -0.2) is 4.79 Å². The number of carboxylic acids is 1. The van der Waals surface area contributed by atoms with Crippen LogP contribution in [0.15, 0.2) is 17.5 Å². The number of urea groups is 1. The molecule has 5 nitrogen and oxygen atoms in total. The van der Waals surface area contributed by atoms with E-state index in [0.29, 0.717) is 19.4 Å². The summed E-state index contributed by atoms with van der Waals surface area (Å²) < 4.78 is 0. The van der Waals surface area contributed by atoms with Gasteiger partial charge >= 0.3 is 12.0 Å². The minimum Gasteiger partial charge on any atom is -0.481 e. The van der Waals surface area contributed by atoms with E-state index in [2.05, 4.69) is 24.5 Å². The van der Waals surface area contributed by atoms with E-state index in [1.54, 1.807) is 11.3 Å². The van der Waals surface area contributed by atoms with Gasteiger partial charge in [0, 0.05) is 23.4 Å². The molecule has 0 saturated heterocycles. The maximum Gasteiger partial charge on any atom is 0.314 e. The maximum absolute atomic E-state index is 11.7.